The molecule has 152 valence electrons. The van der Waals surface area contributed by atoms with Crippen LogP contribution in [0.2, 0.25) is 0 Å². The number of hydrogen-bond acceptors (Lipinski definition) is 3. The van der Waals surface area contributed by atoms with Gasteiger partial charge in [0.25, 0.3) is 0 Å². The van der Waals surface area contributed by atoms with Crippen LogP contribution in [-0.2, 0) is 15.7 Å². The van der Waals surface area contributed by atoms with Gasteiger partial charge in [0, 0.05) is 18.5 Å². The van der Waals surface area contributed by atoms with Crippen LogP contribution in [0.4, 0.5) is 18.0 Å². The highest BCUT2D eigenvalue weighted by atomic mass is 19.4. The molecule has 5 nitrogen and oxygen atoms in total. The van der Waals surface area contributed by atoms with Crippen LogP contribution in [0.5, 0.6) is 0 Å². The summed E-state index contributed by atoms with van der Waals surface area (Å²) in [6.45, 7) is 2.91. The van der Waals surface area contributed by atoms with Gasteiger partial charge in [-0.3, -0.25) is 4.79 Å². The summed E-state index contributed by atoms with van der Waals surface area (Å²) in [4.78, 5) is 26.0. The number of cyclic esters (lactones) is 1. The van der Waals surface area contributed by atoms with E-state index in [0.29, 0.717) is 26.0 Å². The Hall–Kier alpha value is -2.25. The summed E-state index contributed by atoms with van der Waals surface area (Å²) < 4.78 is 43.2. The molecule has 2 amide bonds. The van der Waals surface area contributed by atoms with Crippen molar-refractivity contribution in [2.75, 3.05) is 13.2 Å². The summed E-state index contributed by atoms with van der Waals surface area (Å²) in [7, 11) is 0. The number of halogens is 3. The third-order valence-corrected chi connectivity index (χ3v) is 6.34. The maximum atomic E-state index is 12.9. The van der Waals surface area contributed by atoms with Crippen molar-refractivity contribution in [3.05, 3.63) is 35.4 Å². The van der Waals surface area contributed by atoms with E-state index in [1.54, 1.807) is 12.1 Å². The van der Waals surface area contributed by atoms with E-state index in [2.05, 4.69) is 5.32 Å². The van der Waals surface area contributed by atoms with E-state index in [0.717, 1.165) is 30.5 Å². The fourth-order valence-electron chi connectivity index (χ4n) is 4.75. The van der Waals surface area contributed by atoms with Crippen molar-refractivity contribution < 1.29 is 27.5 Å². The van der Waals surface area contributed by atoms with Crippen molar-refractivity contribution in [2.24, 2.45) is 5.92 Å². The average Bonchev–Trinajstić information content (AvgIpc) is 3.01. The van der Waals surface area contributed by atoms with E-state index in [1.165, 1.54) is 0 Å². The van der Waals surface area contributed by atoms with Gasteiger partial charge in [-0.1, -0.05) is 12.1 Å². The van der Waals surface area contributed by atoms with Gasteiger partial charge in [-0.25, -0.2) is 4.79 Å². The monoisotopic (exact) mass is 396 g/mol. The molecule has 1 aromatic carbocycles. The van der Waals surface area contributed by atoms with Crippen LogP contribution in [0.1, 0.15) is 49.7 Å². The van der Waals surface area contributed by atoms with Crippen molar-refractivity contribution in [3.63, 3.8) is 0 Å². The minimum absolute atomic E-state index is 0.0273. The summed E-state index contributed by atoms with van der Waals surface area (Å²) in [6, 6.07) is 5.39. The van der Waals surface area contributed by atoms with E-state index < -0.39 is 17.8 Å². The van der Waals surface area contributed by atoms with E-state index in [9.17, 15) is 22.8 Å². The van der Waals surface area contributed by atoms with Gasteiger partial charge < -0.3 is 15.0 Å². The Kier molecular flexibility index (Phi) is 4.55. The first kappa shape index (κ1) is 19.1. The number of alkyl halides is 3. The maximum absolute atomic E-state index is 12.9. The number of piperidine rings is 1. The quantitative estimate of drug-likeness (QED) is 0.830. The van der Waals surface area contributed by atoms with Gasteiger partial charge >= 0.3 is 12.3 Å². The SMILES string of the molecule is C[C@@H]1C[C@@H](c2ccc(C(F)(F)F)cc2)CCN1C(=O)C1CC2(COC(=O)N2)C1. The summed E-state index contributed by atoms with van der Waals surface area (Å²) in [6.07, 6.45) is -2.08. The predicted octanol–water partition coefficient (Wildman–Crippen LogP) is 3.69. The third-order valence-electron chi connectivity index (χ3n) is 6.34. The molecular formula is C20H23F3N2O3. The molecule has 1 aromatic rings. The molecule has 3 aliphatic rings. The second-order valence-corrected chi connectivity index (χ2v) is 8.31. The number of nitrogens with zero attached hydrogens (tertiary/aromatic N) is 1. The summed E-state index contributed by atoms with van der Waals surface area (Å²) in [5.41, 5.74) is -0.127. The molecule has 0 bridgehead atoms. The Bertz CT molecular complexity index is 772. The zero-order chi connectivity index (χ0) is 20.1. The third kappa shape index (κ3) is 3.44. The van der Waals surface area contributed by atoms with Gasteiger partial charge in [0.2, 0.25) is 5.91 Å². The molecule has 0 radical (unpaired) electrons. The van der Waals surface area contributed by atoms with Gasteiger partial charge in [0.1, 0.15) is 6.61 Å². The Labute approximate surface area is 161 Å². The van der Waals surface area contributed by atoms with Gasteiger partial charge in [-0.2, -0.15) is 13.2 Å². The molecule has 2 aliphatic heterocycles. The molecule has 3 fully saturated rings. The fraction of sp³-hybridized carbons (Fsp3) is 0.600. The molecule has 2 saturated heterocycles. The first-order chi connectivity index (χ1) is 13.2. The molecular weight excluding hydrogens is 373 g/mol. The largest absolute Gasteiger partial charge is 0.447 e. The Morgan fingerprint density at radius 1 is 1.25 bits per heavy atom. The van der Waals surface area contributed by atoms with Gasteiger partial charge in [-0.15, -0.1) is 0 Å². The molecule has 2 heterocycles. The molecule has 0 unspecified atom stereocenters. The van der Waals surface area contributed by atoms with Crippen LogP contribution in [0.15, 0.2) is 24.3 Å². The summed E-state index contributed by atoms with van der Waals surface area (Å²) in [5, 5.41) is 2.80. The lowest BCUT2D eigenvalue weighted by Gasteiger charge is -2.46. The van der Waals surface area contributed by atoms with Gasteiger partial charge in [-0.05, 0) is 56.2 Å². The first-order valence-electron chi connectivity index (χ1n) is 9.59. The molecule has 1 spiro atoms. The van der Waals surface area contributed by atoms with Crippen molar-refractivity contribution >= 4 is 12.0 Å². The van der Waals surface area contributed by atoms with Crippen LogP contribution >= 0.6 is 0 Å². The molecule has 8 heteroatoms. The highest BCUT2D eigenvalue weighted by molar-refractivity contribution is 5.82. The Morgan fingerprint density at radius 3 is 2.46 bits per heavy atom. The van der Waals surface area contributed by atoms with Crippen molar-refractivity contribution in [3.8, 4) is 0 Å². The van der Waals surface area contributed by atoms with Gasteiger partial charge in [0.05, 0.1) is 11.1 Å². The number of alkyl carbamates (subject to hydrolysis) is 1. The molecule has 1 saturated carbocycles. The summed E-state index contributed by atoms with van der Waals surface area (Å²) in [5.74, 6) is 0.147. The highest BCUT2D eigenvalue weighted by Gasteiger charge is 2.53. The van der Waals surface area contributed by atoms with Crippen LogP contribution in [0.3, 0.4) is 0 Å². The number of rotatable bonds is 2. The smallest absolute Gasteiger partial charge is 0.416 e. The number of carbonyl (C=O) groups excluding carboxylic acids is 2. The fourth-order valence-corrected chi connectivity index (χ4v) is 4.75. The lowest BCUT2D eigenvalue weighted by atomic mass is 9.68. The van der Waals surface area contributed by atoms with Gasteiger partial charge in [0.15, 0.2) is 0 Å². The molecule has 4 rings (SSSR count). The number of likely N-dealkylation sites (tertiary alicyclic amines) is 1. The number of hydrogen-bond donors (Lipinski definition) is 1. The minimum atomic E-state index is -4.33. The maximum Gasteiger partial charge on any atom is 0.416 e. The zero-order valence-electron chi connectivity index (χ0n) is 15.6. The molecule has 28 heavy (non-hydrogen) atoms. The lowest BCUT2D eigenvalue weighted by molar-refractivity contribution is -0.144. The second kappa shape index (κ2) is 6.67. The second-order valence-electron chi connectivity index (χ2n) is 8.31. The zero-order valence-corrected chi connectivity index (χ0v) is 15.6. The van der Waals surface area contributed by atoms with E-state index in [-0.39, 0.29) is 29.3 Å². The lowest BCUT2D eigenvalue weighted by Crippen LogP contribution is -2.59. The van der Waals surface area contributed by atoms with Crippen LogP contribution < -0.4 is 5.32 Å². The van der Waals surface area contributed by atoms with Crippen molar-refractivity contribution in [2.45, 2.75) is 56.3 Å². The Balaban J connectivity index is 1.34. The first-order valence-corrected chi connectivity index (χ1v) is 9.59. The topological polar surface area (TPSA) is 58.6 Å². The van der Waals surface area contributed by atoms with E-state index >= 15 is 0 Å². The van der Waals surface area contributed by atoms with E-state index in [1.807, 2.05) is 11.8 Å². The predicted molar refractivity (Wildman–Crippen MR) is 94.5 cm³/mol. The number of amides is 2. The number of carbonyl (C=O) groups is 2. The normalized spacial score (nSPS) is 32.6. The standard InChI is InChI=1S/C20H23F3N2O3/c1-12-8-14(13-2-4-16(5-3-13)20(21,22)23)6-7-25(12)17(26)15-9-19(10-15)11-28-18(27)24-19/h2-5,12,14-15H,6-11H2,1H3,(H,24,27)/t12-,14+,15?,19?/m1/s1. The van der Waals surface area contributed by atoms with Crippen LogP contribution in [0.25, 0.3) is 0 Å². The van der Waals surface area contributed by atoms with Crippen LogP contribution in [0, 0.1) is 5.92 Å². The molecule has 1 aliphatic carbocycles. The number of ether oxygens (including phenoxy) is 1. The number of nitrogens with one attached hydrogen (secondary N) is 1. The number of benzene rings is 1. The van der Waals surface area contributed by atoms with Crippen molar-refractivity contribution in [1.29, 1.82) is 0 Å². The summed E-state index contributed by atoms with van der Waals surface area (Å²) >= 11 is 0. The molecule has 1 N–H and O–H groups in total. The van der Waals surface area contributed by atoms with Crippen LogP contribution in [-0.4, -0.2) is 41.6 Å². The van der Waals surface area contributed by atoms with Crippen molar-refractivity contribution in [1.82, 2.24) is 10.2 Å². The minimum Gasteiger partial charge on any atom is -0.447 e. The average molecular weight is 396 g/mol. The molecule has 0 aromatic heterocycles. The molecule has 2 atom stereocenters. The van der Waals surface area contributed by atoms with E-state index in [4.69, 9.17) is 4.74 Å². The Morgan fingerprint density at radius 2 is 1.93 bits per heavy atom. The highest BCUT2D eigenvalue weighted by Crippen LogP contribution is 2.43.